The van der Waals surface area contributed by atoms with Gasteiger partial charge >= 0.3 is 5.97 Å². The van der Waals surface area contributed by atoms with Gasteiger partial charge in [0.1, 0.15) is 4.70 Å². The summed E-state index contributed by atoms with van der Waals surface area (Å²) in [6, 6.07) is 13.6. The topological polar surface area (TPSA) is 51.5 Å². The lowest BCUT2D eigenvalue weighted by Crippen LogP contribution is -2.23. The molecule has 2 aromatic carbocycles. The number of methoxy groups -OCH3 is 1. The molecule has 0 fully saturated rings. The van der Waals surface area contributed by atoms with Crippen molar-refractivity contribution < 1.29 is 9.53 Å². The number of aryl methyl sites for hydroxylation is 1. The van der Waals surface area contributed by atoms with Crippen molar-refractivity contribution in [2.75, 3.05) is 27.7 Å². The highest BCUT2D eigenvalue weighted by atomic mass is 32.1. The van der Waals surface area contributed by atoms with Gasteiger partial charge in [0, 0.05) is 27.4 Å². The maximum atomic E-state index is 13.3. The molecule has 4 aromatic rings. The standard InChI is InChI=1S/C22H22N2O3S/c1-23(2)11-6-12-24-17-8-5-4-7-15(17)19-16-10-9-14(22(26)27-3)13-18(16)28-20(19)21(24)25/h4-5,7-10,13H,6,11-12H2,1-3H3. The summed E-state index contributed by atoms with van der Waals surface area (Å²) in [5.74, 6) is -0.370. The number of pyridine rings is 1. The van der Waals surface area contributed by atoms with Gasteiger partial charge in [0.05, 0.1) is 18.2 Å². The molecule has 0 saturated carbocycles. The Balaban J connectivity index is 1.99. The Bertz CT molecular complexity index is 1250. The Labute approximate surface area is 166 Å². The second kappa shape index (κ2) is 7.37. The van der Waals surface area contributed by atoms with Crippen molar-refractivity contribution in [3.05, 3.63) is 58.4 Å². The molecule has 28 heavy (non-hydrogen) atoms. The van der Waals surface area contributed by atoms with Crippen LogP contribution in [0.15, 0.2) is 47.3 Å². The van der Waals surface area contributed by atoms with E-state index in [9.17, 15) is 9.59 Å². The molecule has 4 rings (SSSR count). The number of hydrogen-bond acceptors (Lipinski definition) is 5. The van der Waals surface area contributed by atoms with E-state index in [1.54, 1.807) is 6.07 Å². The van der Waals surface area contributed by atoms with E-state index in [0.717, 1.165) is 44.0 Å². The van der Waals surface area contributed by atoms with Gasteiger partial charge in [-0.25, -0.2) is 4.79 Å². The molecule has 6 heteroatoms. The number of esters is 1. The summed E-state index contributed by atoms with van der Waals surface area (Å²) in [5, 5.41) is 3.04. The molecule has 0 N–H and O–H groups in total. The first kappa shape index (κ1) is 18.7. The Kier molecular flexibility index (Phi) is 4.91. The smallest absolute Gasteiger partial charge is 0.337 e. The second-order valence-corrected chi connectivity index (χ2v) is 8.19. The van der Waals surface area contributed by atoms with Crippen molar-refractivity contribution in [1.29, 1.82) is 0 Å². The van der Waals surface area contributed by atoms with Crippen LogP contribution in [-0.4, -0.2) is 43.2 Å². The van der Waals surface area contributed by atoms with E-state index < -0.39 is 0 Å². The van der Waals surface area contributed by atoms with Gasteiger partial charge in [0.2, 0.25) is 0 Å². The second-order valence-electron chi connectivity index (χ2n) is 7.14. The minimum atomic E-state index is -0.370. The first-order chi connectivity index (χ1) is 13.5. The van der Waals surface area contributed by atoms with Crippen LogP contribution < -0.4 is 5.56 Å². The van der Waals surface area contributed by atoms with Crippen molar-refractivity contribution in [2.24, 2.45) is 0 Å². The van der Waals surface area contributed by atoms with Crippen molar-refractivity contribution in [3.8, 4) is 0 Å². The molecule has 2 aromatic heterocycles. The lowest BCUT2D eigenvalue weighted by atomic mass is 10.1. The number of aromatic nitrogens is 1. The zero-order valence-corrected chi connectivity index (χ0v) is 17.0. The van der Waals surface area contributed by atoms with Crippen LogP contribution in [0, 0.1) is 0 Å². The van der Waals surface area contributed by atoms with E-state index in [1.807, 2.05) is 49.0 Å². The average Bonchev–Trinajstić information content (AvgIpc) is 3.08. The number of fused-ring (bicyclic) bond motifs is 5. The molecule has 0 aliphatic carbocycles. The predicted molar refractivity (Wildman–Crippen MR) is 116 cm³/mol. The molecule has 5 nitrogen and oxygen atoms in total. The average molecular weight is 394 g/mol. The molecular formula is C22H22N2O3S. The van der Waals surface area contributed by atoms with Crippen LogP contribution >= 0.6 is 11.3 Å². The Morgan fingerprint density at radius 1 is 1.14 bits per heavy atom. The summed E-state index contributed by atoms with van der Waals surface area (Å²) in [5.41, 5.74) is 1.49. The van der Waals surface area contributed by atoms with E-state index in [-0.39, 0.29) is 11.5 Å². The van der Waals surface area contributed by atoms with E-state index in [4.69, 9.17) is 4.74 Å². The Hall–Kier alpha value is -2.70. The van der Waals surface area contributed by atoms with E-state index in [1.165, 1.54) is 18.4 Å². The maximum absolute atomic E-state index is 13.3. The van der Waals surface area contributed by atoms with Gasteiger partial charge in [-0.15, -0.1) is 11.3 Å². The zero-order chi connectivity index (χ0) is 19.8. The molecule has 0 amide bonds. The number of carbonyl (C=O) groups excluding carboxylic acids is 1. The third-order valence-electron chi connectivity index (χ3n) is 5.00. The number of para-hydroxylation sites is 1. The predicted octanol–water partition coefficient (Wildman–Crippen LogP) is 4.11. The summed E-state index contributed by atoms with van der Waals surface area (Å²) in [7, 11) is 5.45. The summed E-state index contributed by atoms with van der Waals surface area (Å²) in [6.45, 7) is 1.60. The molecule has 0 aliphatic heterocycles. The number of rotatable bonds is 5. The number of carbonyl (C=O) groups is 1. The third kappa shape index (κ3) is 3.08. The van der Waals surface area contributed by atoms with Gasteiger partial charge < -0.3 is 14.2 Å². The number of thiophene rings is 1. The molecular weight excluding hydrogens is 372 g/mol. The van der Waals surface area contributed by atoms with Gasteiger partial charge in [0.25, 0.3) is 5.56 Å². The van der Waals surface area contributed by atoms with Crippen LogP contribution in [0.5, 0.6) is 0 Å². The van der Waals surface area contributed by atoms with E-state index in [2.05, 4.69) is 11.0 Å². The molecule has 0 saturated heterocycles. The van der Waals surface area contributed by atoms with Crippen molar-refractivity contribution in [3.63, 3.8) is 0 Å². The van der Waals surface area contributed by atoms with Crippen LogP contribution in [0.2, 0.25) is 0 Å². The van der Waals surface area contributed by atoms with Gasteiger partial charge in [-0.05, 0) is 45.3 Å². The third-order valence-corrected chi connectivity index (χ3v) is 6.14. The fraction of sp³-hybridized carbons (Fsp3) is 0.273. The van der Waals surface area contributed by atoms with Crippen molar-refractivity contribution in [1.82, 2.24) is 9.47 Å². The van der Waals surface area contributed by atoms with Crippen LogP contribution in [0.25, 0.3) is 31.1 Å². The van der Waals surface area contributed by atoms with Crippen LogP contribution in [0.4, 0.5) is 0 Å². The number of nitrogens with zero attached hydrogens (tertiary/aromatic N) is 2. The van der Waals surface area contributed by atoms with Crippen LogP contribution in [0.1, 0.15) is 16.8 Å². The lowest BCUT2D eigenvalue weighted by molar-refractivity contribution is 0.0601. The summed E-state index contributed by atoms with van der Waals surface area (Å²) in [6.07, 6.45) is 0.903. The highest BCUT2D eigenvalue weighted by Crippen LogP contribution is 2.37. The van der Waals surface area contributed by atoms with Gasteiger partial charge in [-0.2, -0.15) is 0 Å². The SMILES string of the molecule is COC(=O)c1ccc2c(c1)sc1c(=O)n(CCCN(C)C)c3ccccc3c12. The van der Waals surface area contributed by atoms with Crippen LogP contribution in [-0.2, 0) is 11.3 Å². The van der Waals surface area contributed by atoms with Gasteiger partial charge in [-0.3, -0.25) is 4.79 Å². The number of ether oxygens (including phenoxy) is 1. The molecule has 0 unspecified atom stereocenters. The molecule has 144 valence electrons. The van der Waals surface area contributed by atoms with Crippen molar-refractivity contribution in [2.45, 2.75) is 13.0 Å². The van der Waals surface area contributed by atoms with Crippen LogP contribution in [0.3, 0.4) is 0 Å². The minimum absolute atomic E-state index is 0.0354. The Morgan fingerprint density at radius 3 is 2.68 bits per heavy atom. The largest absolute Gasteiger partial charge is 0.465 e. The first-order valence-electron chi connectivity index (χ1n) is 9.22. The molecule has 0 radical (unpaired) electrons. The number of hydrogen-bond donors (Lipinski definition) is 0. The lowest BCUT2D eigenvalue weighted by Gasteiger charge is -2.13. The van der Waals surface area contributed by atoms with E-state index >= 15 is 0 Å². The molecule has 0 aliphatic rings. The summed E-state index contributed by atoms with van der Waals surface area (Å²) >= 11 is 1.45. The van der Waals surface area contributed by atoms with Gasteiger partial charge in [0.15, 0.2) is 0 Å². The normalized spacial score (nSPS) is 11.7. The fourth-order valence-corrected chi connectivity index (χ4v) is 4.88. The Morgan fingerprint density at radius 2 is 1.93 bits per heavy atom. The monoisotopic (exact) mass is 394 g/mol. The van der Waals surface area contributed by atoms with E-state index in [0.29, 0.717) is 12.1 Å². The summed E-state index contributed by atoms with van der Waals surface area (Å²) in [4.78, 5) is 27.3. The molecule has 0 atom stereocenters. The molecule has 0 spiro atoms. The summed E-state index contributed by atoms with van der Waals surface area (Å²) < 4.78 is 8.38. The zero-order valence-electron chi connectivity index (χ0n) is 16.2. The van der Waals surface area contributed by atoms with Crippen molar-refractivity contribution >= 4 is 48.4 Å². The fourth-order valence-electron chi connectivity index (χ4n) is 3.68. The highest BCUT2D eigenvalue weighted by Gasteiger charge is 2.17. The highest BCUT2D eigenvalue weighted by molar-refractivity contribution is 7.26. The number of benzene rings is 2. The molecule has 2 heterocycles. The minimum Gasteiger partial charge on any atom is -0.465 e. The first-order valence-corrected chi connectivity index (χ1v) is 10.0. The maximum Gasteiger partial charge on any atom is 0.337 e. The molecule has 0 bridgehead atoms. The van der Waals surface area contributed by atoms with Gasteiger partial charge in [-0.1, -0.05) is 24.3 Å². The quantitative estimate of drug-likeness (QED) is 0.478.